The lowest BCUT2D eigenvalue weighted by Gasteiger charge is -2.09. The summed E-state index contributed by atoms with van der Waals surface area (Å²) in [6.45, 7) is 3.22. The van der Waals surface area contributed by atoms with E-state index < -0.39 is 4.92 Å². The number of hydrogen-bond acceptors (Lipinski definition) is 6. The Morgan fingerprint density at radius 1 is 1.29 bits per heavy atom. The number of non-ortho nitro benzene ring substituents is 1. The molecule has 0 amide bonds. The van der Waals surface area contributed by atoms with Gasteiger partial charge in [-0.05, 0) is 12.5 Å². The highest BCUT2D eigenvalue weighted by Gasteiger charge is 2.10. The molecular formula is C13H18N6O2. The molecule has 0 saturated carbocycles. The fraction of sp³-hybridized carbons (Fsp3) is 0.385. The topological polar surface area (TPSA) is 97.9 Å². The highest BCUT2D eigenvalue weighted by Crippen LogP contribution is 2.24. The molecule has 1 aromatic carbocycles. The van der Waals surface area contributed by atoms with E-state index in [1.165, 1.54) is 12.1 Å². The number of hydrogen-bond donors (Lipinski definition) is 2. The van der Waals surface area contributed by atoms with E-state index >= 15 is 0 Å². The Kier molecular flexibility index (Phi) is 4.70. The lowest BCUT2D eigenvalue weighted by Crippen LogP contribution is -2.05. The number of benzene rings is 1. The maximum atomic E-state index is 11.0. The molecule has 112 valence electrons. The first kappa shape index (κ1) is 14.8. The minimum Gasteiger partial charge on any atom is -0.385 e. The Morgan fingerprint density at radius 3 is 2.57 bits per heavy atom. The second-order valence-electron chi connectivity index (χ2n) is 4.64. The minimum atomic E-state index is -0.401. The predicted molar refractivity (Wildman–Crippen MR) is 80.2 cm³/mol. The number of nitrogens with one attached hydrogen (secondary N) is 2. The number of anilines is 2. The van der Waals surface area contributed by atoms with Gasteiger partial charge in [0.15, 0.2) is 5.82 Å². The van der Waals surface area contributed by atoms with Crippen LogP contribution < -0.4 is 10.6 Å². The zero-order chi connectivity index (χ0) is 15.2. The summed E-state index contributed by atoms with van der Waals surface area (Å²) in [5.41, 5.74) is 1.44. The normalized spacial score (nSPS) is 10.4. The molecule has 0 radical (unpaired) electrons. The van der Waals surface area contributed by atoms with Crippen molar-refractivity contribution >= 4 is 17.1 Å². The molecule has 1 aromatic heterocycles. The van der Waals surface area contributed by atoms with Gasteiger partial charge in [-0.2, -0.15) is 5.10 Å². The van der Waals surface area contributed by atoms with Crippen molar-refractivity contribution < 1.29 is 4.92 Å². The molecule has 0 saturated heterocycles. The molecule has 21 heavy (non-hydrogen) atoms. The van der Waals surface area contributed by atoms with Crippen LogP contribution in [-0.2, 0) is 13.6 Å². The van der Waals surface area contributed by atoms with Crippen molar-refractivity contribution in [3.8, 4) is 0 Å². The third kappa shape index (κ3) is 4.16. The number of aromatic nitrogens is 3. The highest BCUT2D eigenvalue weighted by molar-refractivity contribution is 5.63. The number of rotatable bonds is 7. The molecule has 2 aromatic rings. The number of nitro groups is 1. The summed E-state index contributed by atoms with van der Waals surface area (Å²) in [7, 11) is 1.79. The van der Waals surface area contributed by atoms with Crippen LogP contribution in [-0.4, -0.2) is 26.2 Å². The van der Waals surface area contributed by atoms with Crippen LogP contribution in [0.3, 0.4) is 0 Å². The van der Waals surface area contributed by atoms with E-state index in [0.29, 0.717) is 18.1 Å². The van der Waals surface area contributed by atoms with Gasteiger partial charge >= 0.3 is 0 Å². The van der Waals surface area contributed by atoms with Crippen LogP contribution in [0.1, 0.15) is 19.2 Å². The molecule has 0 aliphatic heterocycles. The maximum Gasteiger partial charge on any atom is 0.273 e. The van der Waals surface area contributed by atoms with E-state index in [1.807, 2.05) is 13.0 Å². The average molecular weight is 290 g/mol. The van der Waals surface area contributed by atoms with Crippen LogP contribution in [0, 0.1) is 10.1 Å². The van der Waals surface area contributed by atoms with Crippen LogP contribution >= 0.6 is 0 Å². The summed E-state index contributed by atoms with van der Waals surface area (Å²) >= 11 is 0. The third-order valence-corrected chi connectivity index (χ3v) is 2.81. The molecule has 0 fully saturated rings. The first-order valence-electron chi connectivity index (χ1n) is 6.70. The lowest BCUT2D eigenvalue weighted by molar-refractivity contribution is -0.384. The van der Waals surface area contributed by atoms with E-state index in [0.717, 1.165) is 18.7 Å². The van der Waals surface area contributed by atoms with E-state index in [1.54, 1.807) is 18.1 Å². The zero-order valence-electron chi connectivity index (χ0n) is 12.0. The first-order chi connectivity index (χ1) is 10.1. The van der Waals surface area contributed by atoms with Crippen molar-refractivity contribution in [2.24, 2.45) is 7.05 Å². The van der Waals surface area contributed by atoms with Gasteiger partial charge in [-0.15, -0.1) is 0 Å². The van der Waals surface area contributed by atoms with Crippen molar-refractivity contribution in [3.05, 3.63) is 40.5 Å². The summed E-state index contributed by atoms with van der Waals surface area (Å²) in [4.78, 5) is 14.7. The monoisotopic (exact) mass is 290 g/mol. The molecule has 0 unspecified atom stereocenters. The van der Waals surface area contributed by atoms with Crippen LogP contribution in [0.5, 0.6) is 0 Å². The summed E-state index contributed by atoms with van der Waals surface area (Å²) in [5.74, 6) is 0.632. The second-order valence-corrected chi connectivity index (χ2v) is 4.64. The number of nitro benzene ring substituents is 1. The molecule has 2 rings (SSSR count). The Morgan fingerprint density at radius 2 is 2.00 bits per heavy atom. The van der Waals surface area contributed by atoms with Gasteiger partial charge in [0.05, 0.1) is 11.5 Å². The Balaban J connectivity index is 2.12. The fourth-order valence-corrected chi connectivity index (χ4v) is 1.84. The highest BCUT2D eigenvalue weighted by atomic mass is 16.6. The van der Waals surface area contributed by atoms with Crippen LogP contribution in [0.4, 0.5) is 17.1 Å². The van der Waals surface area contributed by atoms with Gasteiger partial charge in [0.2, 0.25) is 0 Å². The standard InChI is InChI=1S/C13H18N6O2/c1-3-4-14-10-5-11(7-12(6-10)19(20)21)15-8-13-16-9-18(2)17-13/h5-7,9,14-15H,3-4,8H2,1-2H3. The van der Waals surface area contributed by atoms with Gasteiger partial charge in [-0.1, -0.05) is 6.92 Å². The van der Waals surface area contributed by atoms with Crippen LogP contribution in [0.15, 0.2) is 24.5 Å². The van der Waals surface area contributed by atoms with Gasteiger partial charge in [0, 0.05) is 37.1 Å². The molecule has 0 aliphatic carbocycles. The van der Waals surface area contributed by atoms with Gasteiger partial charge in [0.25, 0.3) is 5.69 Å². The fourth-order valence-electron chi connectivity index (χ4n) is 1.84. The molecule has 0 bridgehead atoms. The molecule has 8 heteroatoms. The molecule has 8 nitrogen and oxygen atoms in total. The Bertz CT molecular complexity index is 625. The molecule has 2 N–H and O–H groups in total. The third-order valence-electron chi connectivity index (χ3n) is 2.81. The summed E-state index contributed by atoms with van der Waals surface area (Å²) in [5, 5.41) is 21.4. The van der Waals surface area contributed by atoms with Crippen molar-refractivity contribution in [1.82, 2.24) is 14.8 Å². The SMILES string of the molecule is CCCNc1cc(NCc2ncn(C)n2)cc([N+](=O)[O-])c1. The molecule has 0 atom stereocenters. The van der Waals surface area contributed by atoms with Gasteiger partial charge in [-0.3, -0.25) is 14.8 Å². The molecule has 0 spiro atoms. The summed E-state index contributed by atoms with van der Waals surface area (Å²) < 4.78 is 1.61. The lowest BCUT2D eigenvalue weighted by atomic mass is 10.2. The average Bonchev–Trinajstić information content (AvgIpc) is 2.88. The number of aryl methyl sites for hydroxylation is 1. The Labute approximate surface area is 122 Å². The molecular weight excluding hydrogens is 272 g/mol. The van der Waals surface area contributed by atoms with E-state index in [4.69, 9.17) is 0 Å². The van der Waals surface area contributed by atoms with Crippen molar-refractivity contribution in [2.75, 3.05) is 17.2 Å². The Hall–Kier alpha value is -2.64. The molecule has 1 heterocycles. The summed E-state index contributed by atoms with van der Waals surface area (Å²) in [6, 6.07) is 4.87. The maximum absolute atomic E-state index is 11.0. The quantitative estimate of drug-likeness (QED) is 0.599. The van der Waals surface area contributed by atoms with Gasteiger partial charge in [0.1, 0.15) is 6.33 Å². The van der Waals surface area contributed by atoms with Gasteiger partial charge in [-0.25, -0.2) is 4.98 Å². The summed E-state index contributed by atoms with van der Waals surface area (Å²) in [6.07, 6.45) is 2.56. The van der Waals surface area contributed by atoms with Crippen molar-refractivity contribution in [3.63, 3.8) is 0 Å². The molecule has 0 aliphatic rings. The van der Waals surface area contributed by atoms with E-state index in [2.05, 4.69) is 20.7 Å². The van der Waals surface area contributed by atoms with Gasteiger partial charge < -0.3 is 10.6 Å². The predicted octanol–water partition coefficient (Wildman–Crippen LogP) is 2.16. The van der Waals surface area contributed by atoms with Crippen LogP contribution in [0.2, 0.25) is 0 Å². The smallest absolute Gasteiger partial charge is 0.273 e. The number of nitrogens with zero attached hydrogens (tertiary/aromatic N) is 4. The van der Waals surface area contributed by atoms with Crippen LogP contribution in [0.25, 0.3) is 0 Å². The van der Waals surface area contributed by atoms with E-state index in [-0.39, 0.29) is 5.69 Å². The largest absolute Gasteiger partial charge is 0.385 e. The second kappa shape index (κ2) is 6.69. The van der Waals surface area contributed by atoms with E-state index in [9.17, 15) is 10.1 Å². The zero-order valence-corrected chi connectivity index (χ0v) is 12.0. The van der Waals surface area contributed by atoms with Crippen molar-refractivity contribution in [2.45, 2.75) is 19.9 Å². The van der Waals surface area contributed by atoms with Crippen molar-refractivity contribution in [1.29, 1.82) is 0 Å². The minimum absolute atomic E-state index is 0.0487. The first-order valence-corrected chi connectivity index (χ1v) is 6.70.